The summed E-state index contributed by atoms with van der Waals surface area (Å²) in [6, 6.07) is 4.49. The van der Waals surface area contributed by atoms with Gasteiger partial charge >= 0.3 is 0 Å². The third kappa shape index (κ3) is 2.98. The van der Waals surface area contributed by atoms with Crippen molar-refractivity contribution in [3.63, 3.8) is 0 Å². The first-order chi connectivity index (χ1) is 9.33. The van der Waals surface area contributed by atoms with Crippen molar-refractivity contribution in [2.75, 3.05) is 39.3 Å². The molecule has 1 amide bonds. The van der Waals surface area contributed by atoms with Crippen LogP contribution in [0.4, 0.5) is 0 Å². The minimum atomic E-state index is 0.253. The SMILES string of the molecule is O=C(CCc1ccco1)N1CCN(C2CNC2)CC1. The van der Waals surface area contributed by atoms with Crippen molar-refractivity contribution in [3.05, 3.63) is 24.2 Å². The molecule has 0 aromatic carbocycles. The average molecular weight is 263 g/mol. The highest BCUT2D eigenvalue weighted by atomic mass is 16.3. The predicted molar refractivity (Wildman–Crippen MR) is 71.8 cm³/mol. The van der Waals surface area contributed by atoms with E-state index in [1.165, 1.54) is 0 Å². The summed E-state index contributed by atoms with van der Waals surface area (Å²) in [6.07, 6.45) is 2.92. The van der Waals surface area contributed by atoms with Gasteiger partial charge in [0.2, 0.25) is 5.91 Å². The van der Waals surface area contributed by atoms with Gasteiger partial charge in [0.05, 0.1) is 6.26 Å². The molecule has 2 aliphatic heterocycles. The monoisotopic (exact) mass is 263 g/mol. The lowest BCUT2D eigenvalue weighted by Gasteiger charge is -2.43. The van der Waals surface area contributed by atoms with Gasteiger partial charge in [-0.1, -0.05) is 0 Å². The Morgan fingerprint density at radius 2 is 2.11 bits per heavy atom. The Morgan fingerprint density at radius 1 is 1.32 bits per heavy atom. The Balaban J connectivity index is 1.41. The first kappa shape index (κ1) is 12.7. The van der Waals surface area contributed by atoms with Gasteiger partial charge in [-0.05, 0) is 12.1 Å². The average Bonchev–Trinajstić information content (AvgIpc) is 2.88. The molecule has 5 heteroatoms. The Hall–Kier alpha value is -1.33. The summed E-state index contributed by atoms with van der Waals surface area (Å²) in [5.74, 6) is 1.15. The van der Waals surface area contributed by atoms with Crippen molar-refractivity contribution >= 4 is 5.91 Å². The van der Waals surface area contributed by atoms with Gasteiger partial charge in [0.1, 0.15) is 5.76 Å². The van der Waals surface area contributed by atoms with Crippen molar-refractivity contribution in [1.82, 2.24) is 15.1 Å². The molecule has 3 rings (SSSR count). The molecule has 0 saturated carbocycles. The third-order valence-corrected chi connectivity index (χ3v) is 4.11. The van der Waals surface area contributed by atoms with Crippen molar-refractivity contribution in [1.29, 1.82) is 0 Å². The van der Waals surface area contributed by atoms with Gasteiger partial charge in [-0.2, -0.15) is 0 Å². The molecule has 0 aliphatic carbocycles. The zero-order valence-corrected chi connectivity index (χ0v) is 11.2. The van der Waals surface area contributed by atoms with Crippen LogP contribution in [0.3, 0.4) is 0 Å². The maximum absolute atomic E-state index is 12.1. The minimum Gasteiger partial charge on any atom is -0.469 e. The van der Waals surface area contributed by atoms with Crippen LogP contribution in [-0.4, -0.2) is 61.0 Å². The largest absolute Gasteiger partial charge is 0.469 e. The highest BCUT2D eigenvalue weighted by molar-refractivity contribution is 5.76. The molecule has 0 atom stereocenters. The highest BCUT2D eigenvalue weighted by Gasteiger charge is 2.28. The lowest BCUT2D eigenvalue weighted by atomic mass is 10.1. The van der Waals surface area contributed by atoms with Crippen LogP contribution in [0.2, 0.25) is 0 Å². The van der Waals surface area contributed by atoms with Crippen LogP contribution < -0.4 is 5.32 Å². The molecule has 0 bridgehead atoms. The second-order valence-corrected chi connectivity index (χ2v) is 5.31. The van der Waals surface area contributed by atoms with Gasteiger partial charge in [0.25, 0.3) is 0 Å². The smallest absolute Gasteiger partial charge is 0.223 e. The summed E-state index contributed by atoms with van der Waals surface area (Å²) < 4.78 is 5.26. The van der Waals surface area contributed by atoms with E-state index in [1.807, 2.05) is 17.0 Å². The Bertz CT molecular complexity index is 406. The number of rotatable bonds is 4. The molecule has 2 saturated heterocycles. The third-order valence-electron chi connectivity index (χ3n) is 4.11. The predicted octanol–water partition coefficient (Wildman–Crippen LogP) is 0.328. The summed E-state index contributed by atoms with van der Waals surface area (Å²) in [4.78, 5) is 16.6. The number of nitrogens with zero attached hydrogens (tertiary/aromatic N) is 2. The molecule has 0 spiro atoms. The molecule has 1 N–H and O–H groups in total. The summed E-state index contributed by atoms with van der Waals surface area (Å²) in [5.41, 5.74) is 0. The van der Waals surface area contributed by atoms with Gasteiger partial charge in [0.15, 0.2) is 0 Å². The summed E-state index contributed by atoms with van der Waals surface area (Å²) in [6.45, 7) is 5.97. The summed E-state index contributed by atoms with van der Waals surface area (Å²) in [5, 5.41) is 3.30. The van der Waals surface area contributed by atoms with Crippen LogP contribution in [0, 0.1) is 0 Å². The number of carbonyl (C=O) groups excluding carboxylic acids is 1. The standard InChI is InChI=1S/C14H21N3O2/c18-14(4-3-13-2-1-9-19-13)17-7-5-16(6-8-17)12-10-15-11-12/h1-2,9,12,15H,3-8,10-11H2. The van der Waals surface area contributed by atoms with Crippen molar-refractivity contribution in [2.45, 2.75) is 18.9 Å². The number of hydrogen-bond donors (Lipinski definition) is 1. The van der Waals surface area contributed by atoms with Crippen LogP contribution in [-0.2, 0) is 11.2 Å². The molecule has 0 radical (unpaired) electrons. The number of amides is 1. The molecule has 5 nitrogen and oxygen atoms in total. The Labute approximate surface area is 113 Å². The molecule has 2 fully saturated rings. The molecule has 104 valence electrons. The molecule has 1 aromatic heterocycles. The molecular formula is C14H21N3O2. The number of furan rings is 1. The number of aryl methyl sites for hydroxylation is 1. The lowest BCUT2D eigenvalue weighted by Crippen LogP contribution is -2.62. The Morgan fingerprint density at radius 3 is 2.68 bits per heavy atom. The number of hydrogen-bond acceptors (Lipinski definition) is 4. The van der Waals surface area contributed by atoms with E-state index < -0.39 is 0 Å². The topological polar surface area (TPSA) is 48.7 Å². The van der Waals surface area contributed by atoms with E-state index in [0.717, 1.165) is 45.0 Å². The first-order valence-corrected chi connectivity index (χ1v) is 7.08. The van der Waals surface area contributed by atoms with Crippen molar-refractivity contribution in [3.8, 4) is 0 Å². The van der Waals surface area contributed by atoms with Gasteiger partial charge in [-0.3, -0.25) is 9.69 Å². The molecule has 19 heavy (non-hydrogen) atoms. The van der Waals surface area contributed by atoms with Crippen LogP contribution in [0.25, 0.3) is 0 Å². The van der Waals surface area contributed by atoms with Gasteiger partial charge in [-0.25, -0.2) is 0 Å². The highest BCUT2D eigenvalue weighted by Crippen LogP contribution is 2.11. The zero-order chi connectivity index (χ0) is 13.1. The van der Waals surface area contributed by atoms with E-state index in [1.54, 1.807) is 6.26 Å². The quantitative estimate of drug-likeness (QED) is 0.850. The van der Waals surface area contributed by atoms with E-state index in [4.69, 9.17) is 4.42 Å². The number of carbonyl (C=O) groups is 1. The fourth-order valence-electron chi connectivity index (χ4n) is 2.71. The van der Waals surface area contributed by atoms with Crippen LogP contribution >= 0.6 is 0 Å². The molecule has 3 heterocycles. The molecule has 2 aliphatic rings. The number of nitrogens with one attached hydrogen (secondary N) is 1. The van der Waals surface area contributed by atoms with E-state index in [0.29, 0.717) is 18.9 Å². The molecule has 1 aromatic rings. The van der Waals surface area contributed by atoms with Crippen molar-refractivity contribution < 1.29 is 9.21 Å². The van der Waals surface area contributed by atoms with Crippen LogP contribution in [0.1, 0.15) is 12.2 Å². The zero-order valence-electron chi connectivity index (χ0n) is 11.2. The van der Waals surface area contributed by atoms with E-state index in [9.17, 15) is 4.79 Å². The van der Waals surface area contributed by atoms with Gasteiger partial charge in [0, 0.05) is 58.2 Å². The minimum absolute atomic E-state index is 0.253. The normalized spacial score (nSPS) is 21.4. The van der Waals surface area contributed by atoms with Gasteiger partial charge in [-0.15, -0.1) is 0 Å². The maximum atomic E-state index is 12.1. The maximum Gasteiger partial charge on any atom is 0.223 e. The summed E-state index contributed by atoms with van der Waals surface area (Å²) >= 11 is 0. The van der Waals surface area contributed by atoms with Gasteiger partial charge < -0.3 is 14.6 Å². The Kier molecular flexibility index (Phi) is 3.84. The second kappa shape index (κ2) is 5.75. The summed E-state index contributed by atoms with van der Waals surface area (Å²) in [7, 11) is 0. The fraction of sp³-hybridized carbons (Fsp3) is 0.643. The van der Waals surface area contributed by atoms with E-state index in [-0.39, 0.29) is 5.91 Å². The molecular weight excluding hydrogens is 242 g/mol. The number of piperazine rings is 1. The van der Waals surface area contributed by atoms with Crippen LogP contribution in [0.5, 0.6) is 0 Å². The fourth-order valence-corrected chi connectivity index (χ4v) is 2.71. The molecule has 0 unspecified atom stereocenters. The lowest BCUT2D eigenvalue weighted by molar-refractivity contribution is -0.133. The van der Waals surface area contributed by atoms with E-state index >= 15 is 0 Å². The van der Waals surface area contributed by atoms with E-state index in [2.05, 4.69) is 10.2 Å². The first-order valence-electron chi connectivity index (χ1n) is 7.08. The second-order valence-electron chi connectivity index (χ2n) is 5.31. The van der Waals surface area contributed by atoms with Crippen LogP contribution in [0.15, 0.2) is 22.8 Å². The van der Waals surface area contributed by atoms with Crippen molar-refractivity contribution in [2.24, 2.45) is 0 Å².